The predicted octanol–water partition coefficient (Wildman–Crippen LogP) is 0.808. The second kappa shape index (κ2) is 5.82. The van der Waals surface area contributed by atoms with Crippen molar-refractivity contribution in [3.05, 3.63) is 11.8 Å². The van der Waals surface area contributed by atoms with Crippen molar-refractivity contribution in [2.45, 2.75) is 32.9 Å². The van der Waals surface area contributed by atoms with Crippen molar-refractivity contribution in [2.75, 3.05) is 20.6 Å². The minimum Gasteiger partial charge on any atom is -0.424 e. The number of aryl methyl sites for hydroxylation is 1. The maximum absolute atomic E-state index is 5.26. The van der Waals surface area contributed by atoms with Crippen LogP contribution < -0.4 is 5.32 Å². The first-order valence-corrected chi connectivity index (χ1v) is 5.25. The molecule has 0 saturated carbocycles. The molecular weight excluding hydrogens is 192 g/mol. The fraction of sp³-hybridized carbons (Fsp3) is 0.800. The quantitative estimate of drug-likeness (QED) is 0.756. The number of aromatic nitrogens is 2. The van der Waals surface area contributed by atoms with Crippen molar-refractivity contribution in [1.82, 2.24) is 20.4 Å². The lowest BCUT2D eigenvalue weighted by atomic mass is 10.2. The van der Waals surface area contributed by atoms with Gasteiger partial charge < -0.3 is 14.6 Å². The lowest BCUT2D eigenvalue weighted by Crippen LogP contribution is -2.29. The molecule has 0 bridgehead atoms. The average molecular weight is 212 g/mol. The molecule has 1 atom stereocenters. The van der Waals surface area contributed by atoms with Crippen LogP contribution in [-0.4, -0.2) is 41.8 Å². The lowest BCUT2D eigenvalue weighted by Gasteiger charge is -2.15. The standard InChI is InChI=1S/C10H20N4O/c1-8(5-6-14(3)4)11-7-10-13-12-9(2)15-10/h8,11H,5-7H2,1-4H3. The Bertz CT molecular complexity index is 285. The molecular formula is C10H20N4O. The maximum Gasteiger partial charge on any atom is 0.230 e. The molecule has 0 aliphatic rings. The Labute approximate surface area is 90.9 Å². The first-order valence-electron chi connectivity index (χ1n) is 5.25. The summed E-state index contributed by atoms with van der Waals surface area (Å²) < 4.78 is 5.26. The van der Waals surface area contributed by atoms with Gasteiger partial charge in [-0.05, 0) is 34.0 Å². The average Bonchev–Trinajstić information content (AvgIpc) is 2.58. The van der Waals surface area contributed by atoms with Crippen LogP contribution in [0.3, 0.4) is 0 Å². The van der Waals surface area contributed by atoms with E-state index in [2.05, 4.69) is 41.4 Å². The summed E-state index contributed by atoms with van der Waals surface area (Å²) >= 11 is 0. The van der Waals surface area contributed by atoms with Crippen LogP contribution in [0.2, 0.25) is 0 Å². The molecule has 0 saturated heterocycles. The zero-order chi connectivity index (χ0) is 11.3. The van der Waals surface area contributed by atoms with E-state index < -0.39 is 0 Å². The van der Waals surface area contributed by atoms with Gasteiger partial charge in [0.2, 0.25) is 11.8 Å². The monoisotopic (exact) mass is 212 g/mol. The summed E-state index contributed by atoms with van der Waals surface area (Å²) in [5.74, 6) is 1.27. The molecule has 1 unspecified atom stereocenters. The zero-order valence-electron chi connectivity index (χ0n) is 9.95. The third-order valence-corrected chi connectivity index (χ3v) is 2.18. The third kappa shape index (κ3) is 4.90. The summed E-state index contributed by atoms with van der Waals surface area (Å²) in [6, 6.07) is 0.458. The van der Waals surface area contributed by atoms with Gasteiger partial charge in [0.1, 0.15) is 0 Å². The third-order valence-electron chi connectivity index (χ3n) is 2.18. The van der Waals surface area contributed by atoms with E-state index in [0.29, 0.717) is 24.4 Å². The smallest absolute Gasteiger partial charge is 0.230 e. The number of nitrogens with one attached hydrogen (secondary N) is 1. The minimum atomic E-state index is 0.458. The number of hydrogen-bond acceptors (Lipinski definition) is 5. The Hall–Kier alpha value is -0.940. The summed E-state index contributed by atoms with van der Waals surface area (Å²) in [6.07, 6.45) is 1.11. The molecule has 5 heteroatoms. The van der Waals surface area contributed by atoms with Gasteiger partial charge in [-0.3, -0.25) is 0 Å². The van der Waals surface area contributed by atoms with Gasteiger partial charge in [-0.15, -0.1) is 10.2 Å². The molecule has 1 aromatic rings. The van der Waals surface area contributed by atoms with E-state index in [4.69, 9.17) is 4.42 Å². The largest absolute Gasteiger partial charge is 0.424 e. The molecule has 1 rings (SSSR count). The van der Waals surface area contributed by atoms with Crippen molar-refractivity contribution in [3.63, 3.8) is 0 Å². The fourth-order valence-electron chi connectivity index (χ4n) is 1.22. The first-order chi connectivity index (χ1) is 7.08. The first kappa shape index (κ1) is 12.1. The molecule has 1 N–H and O–H groups in total. The van der Waals surface area contributed by atoms with E-state index in [9.17, 15) is 0 Å². The van der Waals surface area contributed by atoms with Crippen LogP contribution in [0.15, 0.2) is 4.42 Å². The molecule has 0 aliphatic carbocycles. The second-order valence-electron chi connectivity index (χ2n) is 4.09. The topological polar surface area (TPSA) is 54.2 Å². The van der Waals surface area contributed by atoms with E-state index in [0.717, 1.165) is 13.0 Å². The van der Waals surface area contributed by atoms with Crippen LogP contribution in [0.1, 0.15) is 25.1 Å². The molecule has 0 fully saturated rings. The second-order valence-corrected chi connectivity index (χ2v) is 4.09. The van der Waals surface area contributed by atoms with Crippen molar-refractivity contribution in [1.29, 1.82) is 0 Å². The summed E-state index contributed by atoms with van der Waals surface area (Å²) in [5, 5.41) is 11.0. The highest BCUT2D eigenvalue weighted by Crippen LogP contribution is 1.99. The molecule has 5 nitrogen and oxygen atoms in total. The minimum absolute atomic E-state index is 0.458. The van der Waals surface area contributed by atoms with E-state index >= 15 is 0 Å². The normalized spacial score (nSPS) is 13.4. The molecule has 0 spiro atoms. The van der Waals surface area contributed by atoms with Crippen LogP contribution in [0.25, 0.3) is 0 Å². The van der Waals surface area contributed by atoms with E-state index in [1.807, 2.05) is 0 Å². The molecule has 15 heavy (non-hydrogen) atoms. The number of hydrogen-bond donors (Lipinski definition) is 1. The van der Waals surface area contributed by atoms with Gasteiger partial charge in [-0.25, -0.2) is 0 Å². The van der Waals surface area contributed by atoms with E-state index in [-0.39, 0.29) is 0 Å². The predicted molar refractivity (Wildman–Crippen MR) is 58.5 cm³/mol. The summed E-state index contributed by atoms with van der Waals surface area (Å²) in [7, 11) is 4.15. The Balaban J connectivity index is 2.19. The van der Waals surface area contributed by atoms with Crippen molar-refractivity contribution in [2.24, 2.45) is 0 Å². The Morgan fingerprint density at radius 2 is 2.13 bits per heavy atom. The van der Waals surface area contributed by atoms with E-state index in [1.54, 1.807) is 6.92 Å². The molecule has 86 valence electrons. The van der Waals surface area contributed by atoms with Crippen LogP contribution in [0, 0.1) is 6.92 Å². The molecule has 0 radical (unpaired) electrons. The van der Waals surface area contributed by atoms with Crippen molar-refractivity contribution in [3.8, 4) is 0 Å². The Morgan fingerprint density at radius 3 is 2.67 bits per heavy atom. The van der Waals surface area contributed by atoms with Crippen LogP contribution in [0.4, 0.5) is 0 Å². The molecule has 1 aromatic heterocycles. The Morgan fingerprint density at radius 1 is 1.40 bits per heavy atom. The molecule has 1 heterocycles. The zero-order valence-corrected chi connectivity index (χ0v) is 9.95. The van der Waals surface area contributed by atoms with Gasteiger partial charge in [0.05, 0.1) is 6.54 Å². The summed E-state index contributed by atoms with van der Waals surface area (Å²) in [4.78, 5) is 2.18. The highest BCUT2D eigenvalue weighted by molar-refractivity contribution is 4.79. The summed E-state index contributed by atoms with van der Waals surface area (Å²) in [5.41, 5.74) is 0. The highest BCUT2D eigenvalue weighted by atomic mass is 16.4. The van der Waals surface area contributed by atoms with Gasteiger partial charge in [-0.2, -0.15) is 0 Å². The van der Waals surface area contributed by atoms with Crippen LogP contribution in [-0.2, 0) is 6.54 Å². The SMILES string of the molecule is Cc1nnc(CNC(C)CCN(C)C)o1. The van der Waals surface area contributed by atoms with Gasteiger partial charge in [0.15, 0.2) is 0 Å². The molecule has 0 aliphatic heterocycles. The fourth-order valence-corrected chi connectivity index (χ4v) is 1.22. The van der Waals surface area contributed by atoms with Gasteiger partial charge in [-0.1, -0.05) is 0 Å². The van der Waals surface area contributed by atoms with E-state index in [1.165, 1.54) is 0 Å². The molecule has 0 aromatic carbocycles. The number of nitrogens with zero attached hydrogens (tertiary/aromatic N) is 3. The van der Waals surface area contributed by atoms with Crippen molar-refractivity contribution < 1.29 is 4.42 Å². The van der Waals surface area contributed by atoms with Gasteiger partial charge >= 0.3 is 0 Å². The van der Waals surface area contributed by atoms with Crippen LogP contribution in [0.5, 0.6) is 0 Å². The van der Waals surface area contributed by atoms with Gasteiger partial charge in [0.25, 0.3) is 0 Å². The van der Waals surface area contributed by atoms with Crippen LogP contribution >= 0.6 is 0 Å². The maximum atomic E-state index is 5.26. The van der Waals surface area contributed by atoms with Gasteiger partial charge in [0, 0.05) is 13.0 Å². The summed E-state index contributed by atoms with van der Waals surface area (Å²) in [6.45, 7) is 5.69. The highest BCUT2D eigenvalue weighted by Gasteiger charge is 2.05. The Kier molecular flexibility index (Phi) is 4.71. The number of rotatable bonds is 6. The molecule has 0 amide bonds. The van der Waals surface area contributed by atoms with Crippen molar-refractivity contribution >= 4 is 0 Å². The lowest BCUT2D eigenvalue weighted by molar-refractivity contribution is 0.355.